The van der Waals surface area contributed by atoms with Crippen molar-refractivity contribution in [1.29, 1.82) is 0 Å². The lowest BCUT2D eigenvalue weighted by Crippen LogP contribution is -2.30. The highest BCUT2D eigenvalue weighted by Crippen LogP contribution is 2.18. The molecule has 0 aliphatic heterocycles. The maximum absolute atomic E-state index is 12.9. The van der Waals surface area contributed by atoms with Gasteiger partial charge in [0.15, 0.2) is 6.10 Å². The summed E-state index contributed by atoms with van der Waals surface area (Å²) in [6.45, 7) is 6.73. The highest BCUT2D eigenvalue weighted by atomic mass is 16.6. The van der Waals surface area contributed by atoms with E-state index in [9.17, 15) is 14.4 Å². The highest BCUT2D eigenvalue weighted by molar-refractivity contribution is 5.71. The smallest absolute Gasteiger partial charge is 0.306 e. The minimum Gasteiger partial charge on any atom is -0.462 e. The summed E-state index contributed by atoms with van der Waals surface area (Å²) in [6, 6.07) is 0. The number of hydrogen-bond donors (Lipinski definition) is 0. The molecule has 6 nitrogen and oxygen atoms in total. The van der Waals surface area contributed by atoms with Crippen LogP contribution in [0.3, 0.4) is 0 Å². The Labute approximate surface area is 431 Å². The van der Waals surface area contributed by atoms with Gasteiger partial charge in [-0.15, -0.1) is 0 Å². The van der Waals surface area contributed by atoms with E-state index in [1.54, 1.807) is 0 Å². The molecule has 0 amide bonds. The Balaban J connectivity index is 4.28. The third-order valence-electron chi connectivity index (χ3n) is 14.6. The van der Waals surface area contributed by atoms with Gasteiger partial charge in [-0.3, -0.25) is 14.4 Å². The number of rotatable bonds is 59. The summed E-state index contributed by atoms with van der Waals surface area (Å²) in [6.07, 6.45) is 66.7. The van der Waals surface area contributed by atoms with Crippen LogP contribution >= 0.6 is 0 Å². The minimum atomic E-state index is -0.762. The molecule has 0 aromatic carbocycles. The van der Waals surface area contributed by atoms with E-state index in [-0.39, 0.29) is 31.1 Å². The van der Waals surface area contributed by atoms with Crippen molar-refractivity contribution in [3.8, 4) is 0 Å². The molecule has 0 spiro atoms. The predicted molar refractivity (Wildman–Crippen MR) is 298 cm³/mol. The minimum absolute atomic E-state index is 0.0605. The van der Waals surface area contributed by atoms with Crippen LogP contribution in [0.4, 0.5) is 0 Å². The number of carbonyl (C=O) groups is 3. The Morgan fingerprint density at radius 1 is 0.232 bits per heavy atom. The third-order valence-corrected chi connectivity index (χ3v) is 14.6. The van der Waals surface area contributed by atoms with Crippen molar-refractivity contribution in [2.24, 2.45) is 0 Å². The topological polar surface area (TPSA) is 78.9 Å². The maximum atomic E-state index is 12.9. The Morgan fingerprint density at radius 2 is 0.391 bits per heavy atom. The second-order valence-electron chi connectivity index (χ2n) is 21.7. The van der Waals surface area contributed by atoms with Crippen LogP contribution in [-0.2, 0) is 28.6 Å². The number of ether oxygens (including phenoxy) is 3. The summed E-state index contributed by atoms with van der Waals surface area (Å²) >= 11 is 0. The number of unbranched alkanes of at least 4 members (excludes halogenated alkanes) is 48. The zero-order chi connectivity index (χ0) is 50.0. The van der Waals surface area contributed by atoms with Crippen LogP contribution in [0.15, 0.2) is 0 Å². The van der Waals surface area contributed by atoms with E-state index in [0.717, 1.165) is 57.8 Å². The first-order valence-corrected chi connectivity index (χ1v) is 31.5. The van der Waals surface area contributed by atoms with E-state index in [2.05, 4.69) is 20.8 Å². The summed E-state index contributed by atoms with van der Waals surface area (Å²) in [5, 5.41) is 0. The van der Waals surface area contributed by atoms with Crippen molar-refractivity contribution in [3.05, 3.63) is 0 Å². The van der Waals surface area contributed by atoms with Gasteiger partial charge in [-0.1, -0.05) is 329 Å². The third kappa shape index (κ3) is 57.2. The van der Waals surface area contributed by atoms with Crippen LogP contribution in [0, 0.1) is 0 Å². The molecule has 0 aliphatic rings. The van der Waals surface area contributed by atoms with E-state index in [1.807, 2.05) is 0 Å². The SMILES string of the molecule is CCCCCCCCCCCCCCCCCCCCC(=O)OC[C@@H](COC(=O)CCCCCCCCCCCCCCCCC)OC(=O)CCCCCCCCCCCCCCCCCCCC. The maximum Gasteiger partial charge on any atom is 0.306 e. The molecule has 0 heterocycles. The summed E-state index contributed by atoms with van der Waals surface area (Å²) in [7, 11) is 0. The zero-order valence-corrected chi connectivity index (χ0v) is 47.1. The van der Waals surface area contributed by atoms with Gasteiger partial charge in [0, 0.05) is 19.3 Å². The highest BCUT2D eigenvalue weighted by Gasteiger charge is 2.19. The molecular formula is C63H122O6. The van der Waals surface area contributed by atoms with Gasteiger partial charge < -0.3 is 14.2 Å². The van der Waals surface area contributed by atoms with Gasteiger partial charge >= 0.3 is 17.9 Å². The molecule has 0 N–H and O–H groups in total. The number of esters is 3. The van der Waals surface area contributed by atoms with Gasteiger partial charge in [-0.2, -0.15) is 0 Å². The first kappa shape index (κ1) is 67.4. The van der Waals surface area contributed by atoms with Crippen LogP contribution in [0.2, 0.25) is 0 Å². The van der Waals surface area contributed by atoms with Crippen molar-refractivity contribution in [3.63, 3.8) is 0 Å². The lowest BCUT2D eigenvalue weighted by atomic mass is 10.0. The van der Waals surface area contributed by atoms with E-state index in [4.69, 9.17) is 14.2 Å². The molecule has 0 aromatic heterocycles. The molecule has 6 heteroatoms. The molecule has 0 bridgehead atoms. The molecular weight excluding hydrogens is 853 g/mol. The van der Waals surface area contributed by atoms with Crippen LogP contribution in [0.25, 0.3) is 0 Å². The largest absolute Gasteiger partial charge is 0.462 e. The summed E-state index contributed by atoms with van der Waals surface area (Å²) < 4.78 is 17.0. The molecule has 0 rings (SSSR count). The Morgan fingerprint density at radius 3 is 0.580 bits per heavy atom. The van der Waals surface area contributed by atoms with Crippen molar-refractivity contribution < 1.29 is 28.6 Å². The molecule has 0 radical (unpaired) electrons. The second kappa shape index (κ2) is 59.0. The van der Waals surface area contributed by atoms with Crippen LogP contribution in [0.5, 0.6) is 0 Å². The summed E-state index contributed by atoms with van der Waals surface area (Å²) in [5.74, 6) is -0.825. The van der Waals surface area contributed by atoms with Gasteiger partial charge in [0.2, 0.25) is 0 Å². The van der Waals surface area contributed by atoms with Crippen LogP contribution in [-0.4, -0.2) is 37.2 Å². The average molecular weight is 976 g/mol. The Bertz CT molecular complexity index is 1030. The Hall–Kier alpha value is -1.59. The van der Waals surface area contributed by atoms with Crippen molar-refractivity contribution in [2.75, 3.05) is 13.2 Å². The van der Waals surface area contributed by atoms with E-state index >= 15 is 0 Å². The molecule has 0 saturated carbocycles. The molecule has 69 heavy (non-hydrogen) atoms. The van der Waals surface area contributed by atoms with Gasteiger partial charge in [0.05, 0.1) is 0 Å². The fourth-order valence-electron chi connectivity index (χ4n) is 9.86. The fraction of sp³-hybridized carbons (Fsp3) is 0.952. The van der Waals surface area contributed by atoms with Crippen LogP contribution < -0.4 is 0 Å². The molecule has 0 fully saturated rings. The molecule has 0 saturated heterocycles. The second-order valence-corrected chi connectivity index (χ2v) is 21.7. The first-order chi connectivity index (χ1) is 34.0. The van der Waals surface area contributed by atoms with E-state index < -0.39 is 6.10 Å². The molecule has 1 atom stereocenters. The van der Waals surface area contributed by atoms with E-state index in [0.29, 0.717) is 19.3 Å². The predicted octanol–water partition coefficient (Wildman–Crippen LogP) is 21.1. The van der Waals surface area contributed by atoms with Crippen molar-refractivity contribution in [2.45, 2.75) is 374 Å². The quantitative estimate of drug-likeness (QED) is 0.0343. The normalized spacial score (nSPS) is 11.9. The number of carbonyl (C=O) groups excluding carboxylic acids is 3. The molecule has 0 aliphatic carbocycles. The van der Waals surface area contributed by atoms with Gasteiger partial charge in [-0.05, 0) is 19.3 Å². The molecule has 410 valence electrons. The van der Waals surface area contributed by atoms with Gasteiger partial charge in [0.25, 0.3) is 0 Å². The van der Waals surface area contributed by atoms with Crippen molar-refractivity contribution >= 4 is 17.9 Å². The standard InChI is InChI=1S/C63H122O6/c1-4-7-10-13-16-19-22-25-28-30-32-35-38-41-44-47-50-53-56-62(65)68-59-60(58-67-61(64)55-52-49-46-43-40-37-34-27-24-21-18-15-12-9-6-3)69-63(66)57-54-51-48-45-42-39-36-33-31-29-26-23-20-17-14-11-8-5-2/h60H,4-59H2,1-3H3/t60-/m1/s1. The van der Waals surface area contributed by atoms with Crippen LogP contribution in [0.1, 0.15) is 367 Å². The number of hydrogen-bond acceptors (Lipinski definition) is 6. The first-order valence-electron chi connectivity index (χ1n) is 31.5. The zero-order valence-electron chi connectivity index (χ0n) is 47.1. The van der Waals surface area contributed by atoms with Gasteiger partial charge in [0.1, 0.15) is 13.2 Å². The molecule has 0 unspecified atom stereocenters. The lowest BCUT2D eigenvalue weighted by Gasteiger charge is -2.18. The summed E-state index contributed by atoms with van der Waals surface area (Å²) in [4.78, 5) is 38.3. The monoisotopic (exact) mass is 975 g/mol. The lowest BCUT2D eigenvalue weighted by molar-refractivity contribution is -0.167. The van der Waals surface area contributed by atoms with Crippen molar-refractivity contribution in [1.82, 2.24) is 0 Å². The Kier molecular flexibility index (Phi) is 57.6. The summed E-state index contributed by atoms with van der Waals surface area (Å²) in [5.41, 5.74) is 0. The molecule has 0 aromatic rings. The average Bonchev–Trinajstić information content (AvgIpc) is 3.35. The fourth-order valence-corrected chi connectivity index (χ4v) is 9.86. The van der Waals surface area contributed by atoms with Gasteiger partial charge in [-0.25, -0.2) is 0 Å². The van der Waals surface area contributed by atoms with E-state index in [1.165, 1.54) is 270 Å².